The first-order chi connectivity index (χ1) is 66.4. The van der Waals surface area contributed by atoms with Gasteiger partial charge in [0.1, 0.15) is 62.3 Å². The Labute approximate surface area is 829 Å². The predicted molar refractivity (Wildman–Crippen MR) is 606 cm³/mol. The molecule has 10 nitrogen and oxygen atoms in total. The van der Waals surface area contributed by atoms with Crippen LogP contribution in [0.2, 0.25) is 0 Å². The van der Waals surface area contributed by atoms with Crippen molar-refractivity contribution in [3.63, 3.8) is 0 Å². The number of quaternary nitrogens is 2. The Hall–Kier alpha value is -14.4. The summed E-state index contributed by atoms with van der Waals surface area (Å²) in [5, 5.41) is 0. The van der Waals surface area contributed by atoms with Crippen molar-refractivity contribution in [3.05, 3.63) is 485 Å². The average Bonchev–Trinajstić information content (AvgIpc) is 0.752. The Morgan fingerprint density at radius 3 is 0.348 bits per heavy atom. The van der Waals surface area contributed by atoms with Gasteiger partial charge in [-0.1, -0.05) is 485 Å². The molecule has 14 heteroatoms. The number of ketones is 2. The molecule has 0 spiro atoms. The molecule has 0 saturated heterocycles. The second kappa shape index (κ2) is 53.8. The zero-order valence-electron chi connectivity index (χ0n) is 85.7. The molecule has 0 bridgehead atoms. The van der Waals surface area contributed by atoms with E-state index in [-0.39, 0.29) is 11.6 Å². The van der Waals surface area contributed by atoms with E-state index in [4.69, 9.17) is 0 Å². The molecule has 0 unspecified atom stereocenters. The monoisotopic (exact) mass is 1830 g/mol. The van der Waals surface area contributed by atoms with Gasteiger partial charge in [0.05, 0.1) is 113 Å². The third-order valence-corrected chi connectivity index (χ3v) is 25.3. The van der Waals surface area contributed by atoms with Gasteiger partial charge in [-0.25, -0.2) is 0 Å². The normalized spacial score (nSPS) is 10.9. The van der Waals surface area contributed by atoms with Gasteiger partial charge in [-0.15, -0.1) is 0 Å². The molecular weight excluding hydrogens is 1680 g/mol. The number of Topliss-reactive ketones (excluding diaryl/α,β-unsaturated/α-hetero) is 2. The first kappa shape index (κ1) is 107. The van der Waals surface area contributed by atoms with E-state index in [9.17, 15) is 9.59 Å². The molecule has 0 aliphatic carbocycles. The van der Waals surface area contributed by atoms with E-state index in [0.717, 1.165) is 35.1 Å². The maximum atomic E-state index is 9.44. The van der Waals surface area contributed by atoms with Crippen LogP contribution in [0.15, 0.2) is 485 Å². The molecule has 0 atom stereocenters. The highest BCUT2D eigenvalue weighted by Crippen LogP contribution is 2.16. The molecule has 0 saturated carbocycles. The van der Waals surface area contributed by atoms with E-state index >= 15 is 0 Å². The molecule has 0 aliphatic heterocycles. The quantitative estimate of drug-likeness (QED) is 0.0222. The van der Waals surface area contributed by atoms with Crippen LogP contribution in [0.3, 0.4) is 0 Å². The van der Waals surface area contributed by atoms with E-state index in [0.29, 0.717) is 0 Å². The number of carbonyl (C=O) groups is 2. The molecule has 16 rings (SSSR count). The largest absolute Gasteiger partial charge is 0.349 e. The van der Waals surface area contributed by atoms with Crippen LogP contribution in [0.4, 0.5) is 0 Å². The molecule has 0 aromatic heterocycles. The molecule has 16 aromatic carbocycles. The first-order valence-electron chi connectivity index (χ1n) is 48.4. The van der Waals surface area contributed by atoms with Crippen molar-refractivity contribution in [2.75, 3.05) is 139 Å². The van der Waals surface area contributed by atoms with Crippen LogP contribution in [0.25, 0.3) is 0 Å². The third kappa shape index (κ3) is 29.3. The zero-order valence-corrected chi connectivity index (χ0v) is 85.7. The van der Waals surface area contributed by atoms with Crippen molar-refractivity contribution in [3.8, 4) is 0 Å². The Kier molecular flexibility index (Phi) is 41.8. The fraction of sp³-hybridized carbons (Fsp3) is 0.194. The summed E-state index contributed by atoms with van der Waals surface area (Å²) >= 11 is 0. The van der Waals surface area contributed by atoms with Crippen LogP contribution in [0, 0.1) is 0 Å². The summed E-state index contributed by atoms with van der Waals surface area (Å²) in [6.07, 6.45) is -4.86. The topological polar surface area (TPSA) is 53.1 Å². The molecule has 0 fully saturated rings. The molecule has 0 N–H and O–H groups in total. The van der Waals surface area contributed by atoms with E-state index in [1.807, 2.05) is 0 Å². The van der Waals surface area contributed by atoms with E-state index in [1.54, 1.807) is 0 Å². The van der Waals surface area contributed by atoms with Gasteiger partial charge in [0, 0.05) is 0 Å². The highest BCUT2D eigenvalue weighted by atomic mass is 16.1. The Morgan fingerprint density at radius 1 is 0.196 bits per heavy atom. The fourth-order valence-electron chi connectivity index (χ4n) is 19.8. The number of guanidine groups is 2. The predicted octanol–water partition coefficient (Wildman–Crippen LogP) is 13.1. The van der Waals surface area contributed by atoms with Crippen LogP contribution in [0.1, 0.15) is 27.7 Å². The van der Waals surface area contributed by atoms with Crippen molar-refractivity contribution >= 4 is 135 Å². The highest BCUT2D eigenvalue weighted by Gasteiger charge is 2.36. The van der Waals surface area contributed by atoms with E-state index in [2.05, 4.69) is 627 Å². The molecule has 0 radical (unpaired) electrons. The van der Waals surface area contributed by atoms with E-state index in [1.165, 1.54) is 127 Å². The zero-order chi connectivity index (χ0) is 99.4. The van der Waals surface area contributed by atoms with Gasteiger partial charge >= 0.3 is 11.9 Å². The maximum Gasteiger partial charge on any atom is 0.349 e. The van der Waals surface area contributed by atoms with Gasteiger partial charge in [-0.3, -0.25) is 28.8 Å². The lowest BCUT2D eigenvalue weighted by molar-refractivity contribution is -0.869. The molecule has 138 heavy (non-hydrogen) atoms. The van der Waals surface area contributed by atoms with Crippen molar-refractivity contribution in [2.45, 2.75) is 27.7 Å². The summed E-state index contributed by atoms with van der Waals surface area (Å²) in [6, 6.07) is 174. The Bertz CT molecular complexity index is 4830. The van der Waals surface area contributed by atoms with Crippen molar-refractivity contribution in [1.82, 2.24) is 19.6 Å². The lowest BCUT2D eigenvalue weighted by Crippen LogP contribution is -2.74. The summed E-state index contributed by atoms with van der Waals surface area (Å²) in [5.74, 6) is 2.81. The minimum absolute atomic E-state index is 0.167. The lowest BCUT2D eigenvalue weighted by atomic mass is 9.13. The minimum atomic E-state index is -1.22. The molecule has 0 amide bonds. The number of hydrogen-bond donors (Lipinski definition) is 0. The smallest absolute Gasteiger partial charge is 0.328 e. The van der Waals surface area contributed by atoms with Gasteiger partial charge in [-0.05, 0) is 27.7 Å². The van der Waals surface area contributed by atoms with Crippen LogP contribution >= 0.6 is 0 Å². The maximum absolute atomic E-state index is 9.44. The third-order valence-electron chi connectivity index (χ3n) is 25.3. The second-order valence-electron chi connectivity index (χ2n) is 38.9. The summed E-state index contributed by atoms with van der Waals surface area (Å²) in [7, 11) is 34.3. The number of benzene rings is 16. The molecule has 0 aliphatic rings. The SMILES string of the molecule is CC(C)=O.CC(C)=O.CN(C)C(N(C)CC[N+](C)(C)C)=[N+](C)C.CN(C)C(N(C)CC[N+](C)(C)C)=[N+](C)C.c1ccc([B-](c2ccccc2)(c2ccccc2)c2ccccc2)cc1.c1ccc([B-](c2ccccc2)(c2ccccc2)c2ccccc2)cc1.c1ccc([B-](c2ccccc2)(c2ccccc2)c2ccccc2)cc1.c1ccc([B-](c2ccccc2)(c2ccccc2)c2ccccc2)cc1. The first-order valence-corrected chi connectivity index (χ1v) is 48.4. The van der Waals surface area contributed by atoms with Crippen LogP contribution < -0.4 is 87.4 Å². The average molecular weight is 1830 g/mol. The molecule has 708 valence electrons. The number of nitrogens with zero attached hydrogens (tertiary/aromatic N) is 8. The van der Waals surface area contributed by atoms with Gasteiger partial charge in [0.25, 0.3) is 0 Å². The lowest BCUT2D eigenvalue weighted by Gasteiger charge is -2.44. The van der Waals surface area contributed by atoms with Gasteiger partial charge in [-0.2, -0.15) is 87.4 Å². The second-order valence-corrected chi connectivity index (χ2v) is 38.9. The molecule has 0 heterocycles. The molecular formula is C124H148B4N8O2. The Morgan fingerprint density at radius 2 is 0.283 bits per heavy atom. The van der Waals surface area contributed by atoms with Crippen LogP contribution in [0.5, 0.6) is 0 Å². The minimum Gasteiger partial charge on any atom is -0.328 e. The number of rotatable bonds is 22. The number of hydrogen-bond acceptors (Lipinski definition) is 2. The van der Waals surface area contributed by atoms with Crippen molar-refractivity contribution in [2.24, 2.45) is 0 Å². The van der Waals surface area contributed by atoms with Gasteiger partial charge in [0.2, 0.25) is 0 Å². The number of carbonyl (C=O) groups excluding carboxylic acids is 2. The standard InChI is InChI=1S/4C24H20B.2C11H28N4.2C3H6O/c4*1-5-13-21(14-6-1)25(22-15-7-2-8-16-22,23-17-9-3-10-18-23)24-19-11-4-12-20-24;2*1-12(2)11(13(3)4)14(5)9-10-15(6,7)8;2*1-3(2)4/h4*1-20H;2*9-10H2,1-8H3;2*1-2H3/q4*-1;2*+2;;. The van der Waals surface area contributed by atoms with E-state index < -0.39 is 24.6 Å². The summed E-state index contributed by atoms with van der Waals surface area (Å²) in [4.78, 5) is 27.8. The summed E-state index contributed by atoms with van der Waals surface area (Å²) in [6.45, 7) is 10.5. The Balaban J connectivity index is 0.000000184. The van der Waals surface area contributed by atoms with Gasteiger partial charge < -0.3 is 18.6 Å². The highest BCUT2D eigenvalue weighted by molar-refractivity contribution is 7.22. The summed E-state index contributed by atoms with van der Waals surface area (Å²) < 4.78 is 6.29. The molecule has 16 aromatic rings. The van der Waals surface area contributed by atoms with Crippen molar-refractivity contribution in [1.29, 1.82) is 0 Å². The van der Waals surface area contributed by atoms with Gasteiger partial charge in [0.15, 0.2) is 0 Å². The van der Waals surface area contributed by atoms with Crippen molar-refractivity contribution < 1.29 is 27.7 Å². The summed E-state index contributed by atoms with van der Waals surface area (Å²) in [5.41, 5.74) is 21.4. The number of likely N-dealkylation sites (N-methyl/N-ethyl adjacent to an activating group) is 4. The van der Waals surface area contributed by atoms with Crippen LogP contribution in [-0.2, 0) is 9.59 Å². The van der Waals surface area contributed by atoms with Crippen LogP contribution in [-0.4, -0.2) is 225 Å². The fourth-order valence-corrected chi connectivity index (χ4v) is 19.8.